The van der Waals surface area contributed by atoms with Gasteiger partial charge in [-0.15, -0.1) is 0 Å². The largest absolute Gasteiger partial charge is 0.345 e. The minimum Gasteiger partial charge on any atom is -0.345 e. The van der Waals surface area contributed by atoms with Crippen LogP contribution < -0.4 is 14.3 Å². The molecule has 0 spiro atoms. The van der Waals surface area contributed by atoms with Gasteiger partial charge in [-0.25, -0.2) is 4.98 Å². The summed E-state index contributed by atoms with van der Waals surface area (Å²) in [6, 6.07) is 10.3. The van der Waals surface area contributed by atoms with Gasteiger partial charge < -0.3 is 10.3 Å². The number of H-pyrrole nitrogens is 1. The molecule has 1 fully saturated rings. The molecule has 4 rings (SSSR count). The lowest BCUT2D eigenvalue weighted by Gasteiger charge is -2.29. The van der Waals surface area contributed by atoms with Crippen molar-refractivity contribution in [2.24, 2.45) is 0 Å². The Labute approximate surface area is 173 Å². The molecule has 0 aliphatic carbocycles. The number of nitrogens with one attached hydrogen (secondary N) is 3. The number of hydrogen-bond acceptors (Lipinski definition) is 4. The van der Waals surface area contributed by atoms with E-state index in [-0.39, 0.29) is 12.5 Å². The predicted octanol–water partition coefficient (Wildman–Crippen LogP) is 2.50. The molecule has 1 saturated heterocycles. The third-order valence-electron chi connectivity index (χ3n) is 4.75. The maximum absolute atomic E-state index is 12.5. The Morgan fingerprint density at radius 3 is 2.86 bits per heavy atom. The van der Waals surface area contributed by atoms with Crippen molar-refractivity contribution in [1.29, 1.82) is 0 Å². The molecule has 152 valence electrons. The van der Waals surface area contributed by atoms with Crippen LogP contribution in [-0.2, 0) is 16.8 Å². The van der Waals surface area contributed by atoms with E-state index in [1.807, 2.05) is 6.07 Å². The fourth-order valence-electron chi connectivity index (χ4n) is 3.33. The number of anilines is 1. The summed E-state index contributed by atoms with van der Waals surface area (Å²) in [5.41, 5.74) is 3.31. The SMILES string of the molecule is Cc1cc(C(=O)NCc2nc3ccc(Cl)cc3[nH]2)ccc1N1CCCNS1(=O)=O. The van der Waals surface area contributed by atoms with Gasteiger partial charge in [0, 0.05) is 23.7 Å². The van der Waals surface area contributed by atoms with Crippen LogP contribution in [0.4, 0.5) is 5.69 Å². The maximum atomic E-state index is 12.5. The Kier molecular flexibility index (Phi) is 5.20. The zero-order valence-electron chi connectivity index (χ0n) is 15.7. The summed E-state index contributed by atoms with van der Waals surface area (Å²) in [4.78, 5) is 20.1. The topological polar surface area (TPSA) is 107 Å². The number of fused-ring (bicyclic) bond motifs is 1. The second kappa shape index (κ2) is 7.66. The zero-order valence-corrected chi connectivity index (χ0v) is 17.3. The second-order valence-electron chi connectivity index (χ2n) is 6.85. The van der Waals surface area contributed by atoms with Crippen molar-refractivity contribution in [1.82, 2.24) is 20.0 Å². The number of carbonyl (C=O) groups excluding carboxylic acids is 1. The maximum Gasteiger partial charge on any atom is 0.301 e. The number of halogens is 1. The normalized spacial score (nSPS) is 16.1. The van der Waals surface area contributed by atoms with E-state index in [1.54, 1.807) is 37.3 Å². The lowest BCUT2D eigenvalue weighted by Crippen LogP contribution is -2.47. The van der Waals surface area contributed by atoms with Crippen LogP contribution in [0.15, 0.2) is 36.4 Å². The molecule has 1 aliphatic heterocycles. The lowest BCUT2D eigenvalue weighted by atomic mass is 10.1. The molecule has 0 unspecified atom stereocenters. The monoisotopic (exact) mass is 433 g/mol. The molecule has 8 nitrogen and oxygen atoms in total. The summed E-state index contributed by atoms with van der Waals surface area (Å²) in [6.07, 6.45) is 0.726. The number of nitrogens with zero attached hydrogens (tertiary/aromatic N) is 2. The van der Waals surface area contributed by atoms with Crippen LogP contribution in [0.5, 0.6) is 0 Å². The van der Waals surface area contributed by atoms with Crippen molar-refractivity contribution in [2.45, 2.75) is 19.9 Å². The molecular weight excluding hydrogens is 414 g/mol. The quantitative estimate of drug-likeness (QED) is 0.587. The molecule has 1 amide bonds. The molecule has 3 aromatic rings. The highest BCUT2D eigenvalue weighted by atomic mass is 35.5. The Bertz CT molecular complexity index is 1190. The minimum atomic E-state index is -3.53. The predicted molar refractivity (Wildman–Crippen MR) is 112 cm³/mol. The highest BCUT2D eigenvalue weighted by molar-refractivity contribution is 7.90. The molecular formula is C19H20ClN5O3S. The van der Waals surface area contributed by atoms with Crippen LogP contribution in [0.2, 0.25) is 5.02 Å². The van der Waals surface area contributed by atoms with E-state index in [0.29, 0.717) is 40.8 Å². The molecule has 0 radical (unpaired) electrons. The van der Waals surface area contributed by atoms with Gasteiger partial charge in [-0.3, -0.25) is 9.10 Å². The standard InChI is InChI=1S/C19H20ClN5O3S/c1-12-9-13(3-6-17(12)25-8-2-7-22-29(25,27)28)19(26)21-11-18-23-15-5-4-14(20)10-16(15)24-18/h3-6,9-10,22H,2,7-8,11H2,1H3,(H,21,26)(H,23,24). The Hall–Kier alpha value is -2.62. The molecule has 10 heteroatoms. The molecule has 2 heterocycles. The molecule has 0 bridgehead atoms. The van der Waals surface area contributed by atoms with Gasteiger partial charge in [-0.05, 0) is 55.3 Å². The fourth-order valence-corrected chi connectivity index (χ4v) is 4.90. The van der Waals surface area contributed by atoms with Crippen molar-refractivity contribution in [3.8, 4) is 0 Å². The molecule has 0 atom stereocenters. The summed E-state index contributed by atoms with van der Waals surface area (Å²) in [7, 11) is -3.53. The first-order valence-corrected chi connectivity index (χ1v) is 11.0. The van der Waals surface area contributed by atoms with Crippen molar-refractivity contribution >= 4 is 44.4 Å². The van der Waals surface area contributed by atoms with Crippen LogP contribution in [0, 0.1) is 6.92 Å². The third-order valence-corrected chi connectivity index (χ3v) is 6.51. The molecule has 2 aromatic carbocycles. The van der Waals surface area contributed by atoms with Crippen molar-refractivity contribution in [2.75, 3.05) is 17.4 Å². The second-order valence-corrected chi connectivity index (χ2v) is 8.97. The van der Waals surface area contributed by atoms with Gasteiger partial charge in [0.1, 0.15) is 5.82 Å². The number of benzene rings is 2. The average molecular weight is 434 g/mol. The number of rotatable bonds is 4. The molecule has 1 aliphatic rings. The summed E-state index contributed by atoms with van der Waals surface area (Å²) in [6.45, 7) is 2.87. The molecule has 3 N–H and O–H groups in total. The number of aromatic nitrogens is 2. The number of carbonyl (C=O) groups is 1. The minimum absolute atomic E-state index is 0.232. The highest BCUT2D eigenvalue weighted by Crippen LogP contribution is 2.25. The van der Waals surface area contributed by atoms with E-state index in [4.69, 9.17) is 11.6 Å². The zero-order chi connectivity index (χ0) is 20.6. The van der Waals surface area contributed by atoms with Gasteiger partial charge in [-0.1, -0.05) is 11.6 Å². The van der Waals surface area contributed by atoms with Crippen LogP contribution in [0.1, 0.15) is 28.2 Å². The molecule has 1 aromatic heterocycles. The van der Waals surface area contributed by atoms with Crippen LogP contribution in [0.25, 0.3) is 11.0 Å². The van der Waals surface area contributed by atoms with Crippen LogP contribution >= 0.6 is 11.6 Å². The molecule has 29 heavy (non-hydrogen) atoms. The van der Waals surface area contributed by atoms with E-state index in [1.165, 1.54) is 4.31 Å². The van der Waals surface area contributed by atoms with Gasteiger partial charge in [0.05, 0.1) is 23.3 Å². The van der Waals surface area contributed by atoms with Crippen LogP contribution in [0.3, 0.4) is 0 Å². The highest BCUT2D eigenvalue weighted by Gasteiger charge is 2.27. The lowest BCUT2D eigenvalue weighted by molar-refractivity contribution is 0.0950. The first-order valence-electron chi connectivity index (χ1n) is 9.14. The third kappa shape index (κ3) is 4.07. The Morgan fingerprint density at radius 1 is 1.28 bits per heavy atom. The number of amides is 1. The number of aromatic amines is 1. The summed E-state index contributed by atoms with van der Waals surface area (Å²) < 4.78 is 28.3. The van der Waals surface area contributed by atoms with Gasteiger partial charge in [0.2, 0.25) is 0 Å². The first-order chi connectivity index (χ1) is 13.8. The smallest absolute Gasteiger partial charge is 0.301 e. The Balaban J connectivity index is 1.48. The summed E-state index contributed by atoms with van der Waals surface area (Å²) in [5, 5.41) is 3.43. The summed E-state index contributed by atoms with van der Waals surface area (Å²) >= 11 is 5.97. The molecule has 0 saturated carbocycles. The van der Waals surface area contributed by atoms with Gasteiger partial charge in [0.25, 0.3) is 5.91 Å². The van der Waals surface area contributed by atoms with Crippen molar-refractivity contribution in [3.05, 3.63) is 58.4 Å². The number of imidazole rings is 1. The van der Waals surface area contributed by atoms with E-state index in [2.05, 4.69) is 20.0 Å². The van der Waals surface area contributed by atoms with E-state index < -0.39 is 10.2 Å². The van der Waals surface area contributed by atoms with Gasteiger partial charge >= 0.3 is 10.2 Å². The van der Waals surface area contributed by atoms with Crippen LogP contribution in [-0.4, -0.2) is 37.4 Å². The number of hydrogen-bond donors (Lipinski definition) is 3. The van der Waals surface area contributed by atoms with Crippen molar-refractivity contribution in [3.63, 3.8) is 0 Å². The van der Waals surface area contributed by atoms with E-state index in [0.717, 1.165) is 17.5 Å². The number of aryl methyl sites for hydroxylation is 1. The summed E-state index contributed by atoms with van der Waals surface area (Å²) in [5.74, 6) is 0.354. The average Bonchev–Trinajstić information content (AvgIpc) is 3.08. The van der Waals surface area contributed by atoms with Gasteiger partial charge in [-0.2, -0.15) is 13.1 Å². The fraction of sp³-hybridized carbons (Fsp3) is 0.263. The van der Waals surface area contributed by atoms with E-state index >= 15 is 0 Å². The Morgan fingerprint density at radius 2 is 2.10 bits per heavy atom. The van der Waals surface area contributed by atoms with Gasteiger partial charge in [0.15, 0.2) is 0 Å². The van der Waals surface area contributed by atoms with Crippen molar-refractivity contribution < 1.29 is 13.2 Å². The van der Waals surface area contributed by atoms with E-state index in [9.17, 15) is 13.2 Å². The first kappa shape index (κ1) is 19.7.